The molecule has 1 aromatic rings. The fourth-order valence-corrected chi connectivity index (χ4v) is 1.33. The zero-order chi connectivity index (χ0) is 12.8. The second-order valence-corrected chi connectivity index (χ2v) is 3.70. The summed E-state index contributed by atoms with van der Waals surface area (Å²) in [6.07, 6.45) is -0.390. The maximum atomic E-state index is 13.2. The Labute approximate surface area is 103 Å². The van der Waals surface area contributed by atoms with E-state index in [0.717, 1.165) is 0 Å². The van der Waals surface area contributed by atoms with Crippen molar-refractivity contribution in [3.8, 4) is 0 Å². The van der Waals surface area contributed by atoms with Crippen LogP contribution in [0.2, 0.25) is 5.02 Å². The predicted octanol–water partition coefficient (Wildman–Crippen LogP) is 1.66. The first-order valence-corrected chi connectivity index (χ1v) is 5.18. The van der Waals surface area contributed by atoms with Crippen LogP contribution in [0.25, 0.3) is 0 Å². The van der Waals surface area contributed by atoms with E-state index in [4.69, 9.17) is 11.6 Å². The molecular weight excluding hydrogens is 249 g/mol. The number of amides is 1. The lowest BCUT2D eigenvalue weighted by Crippen LogP contribution is -2.26. The molecular formula is C11H11ClFNO3. The van der Waals surface area contributed by atoms with E-state index in [2.05, 4.69) is 10.1 Å². The Morgan fingerprint density at radius 3 is 2.82 bits per heavy atom. The highest BCUT2D eigenvalue weighted by molar-refractivity contribution is 6.30. The van der Waals surface area contributed by atoms with Gasteiger partial charge in [0.1, 0.15) is 12.2 Å². The van der Waals surface area contributed by atoms with E-state index >= 15 is 0 Å². The minimum absolute atomic E-state index is 0.0256. The molecule has 1 N–H and O–H groups in total. The van der Waals surface area contributed by atoms with E-state index in [9.17, 15) is 14.0 Å². The van der Waals surface area contributed by atoms with Crippen molar-refractivity contribution in [2.75, 3.05) is 7.11 Å². The minimum atomic E-state index is -0.644. The number of halogens is 2. The van der Waals surface area contributed by atoms with Crippen LogP contribution < -0.4 is 5.32 Å². The number of ether oxygens (including phenoxy) is 1. The zero-order valence-corrected chi connectivity index (χ0v) is 9.88. The van der Waals surface area contributed by atoms with Gasteiger partial charge in [-0.1, -0.05) is 11.6 Å². The van der Waals surface area contributed by atoms with Gasteiger partial charge in [0.05, 0.1) is 7.11 Å². The number of benzene rings is 1. The van der Waals surface area contributed by atoms with Crippen molar-refractivity contribution in [1.29, 1.82) is 0 Å². The van der Waals surface area contributed by atoms with Crippen molar-refractivity contribution >= 4 is 23.5 Å². The second kappa shape index (κ2) is 6.20. The van der Waals surface area contributed by atoms with E-state index in [1.807, 2.05) is 0 Å². The van der Waals surface area contributed by atoms with Gasteiger partial charge in [0.15, 0.2) is 0 Å². The van der Waals surface area contributed by atoms with Crippen molar-refractivity contribution in [3.05, 3.63) is 34.6 Å². The average molecular weight is 260 g/mol. The standard InChI is InChI=1S/C11H11ClFNO3/c1-17-11(16)5-10(15)14-6-7-4-8(12)2-3-9(7)13/h2-4H,5-6H2,1H3,(H,14,15). The van der Waals surface area contributed by atoms with E-state index in [-0.39, 0.29) is 12.1 Å². The predicted molar refractivity (Wildman–Crippen MR) is 59.9 cm³/mol. The highest BCUT2D eigenvalue weighted by atomic mass is 35.5. The van der Waals surface area contributed by atoms with Gasteiger partial charge in [0.2, 0.25) is 5.91 Å². The molecule has 0 aromatic heterocycles. The summed E-state index contributed by atoms with van der Waals surface area (Å²) in [7, 11) is 1.19. The van der Waals surface area contributed by atoms with Crippen molar-refractivity contribution in [2.24, 2.45) is 0 Å². The molecule has 0 saturated carbocycles. The molecule has 0 unspecified atom stereocenters. The third-order valence-electron chi connectivity index (χ3n) is 2.02. The molecule has 1 amide bonds. The lowest BCUT2D eigenvalue weighted by atomic mass is 10.2. The van der Waals surface area contributed by atoms with Crippen LogP contribution in [-0.4, -0.2) is 19.0 Å². The highest BCUT2D eigenvalue weighted by Crippen LogP contribution is 2.14. The molecule has 0 radical (unpaired) electrons. The van der Waals surface area contributed by atoms with Crippen LogP contribution in [0.1, 0.15) is 12.0 Å². The summed E-state index contributed by atoms with van der Waals surface area (Å²) in [6, 6.07) is 4.04. The monoisotopic (exact) mass is 259 g/mol. The Morgan fingerprint density at radius 1 is 1.47 bits per heavy atom. The second-order valence-electron chi connectivity index (χ2n) is 3.27. The smallest absolute Gasteiger partial charge is 0.315 e. The van der Waals surface area contributed by atoms with Gasteiger partial charge in [-0.2, -0.15) is 0 Å². The summed E-state index contributed by atoms with van der Waals surface area (Å²) in [5.41, 5.74) is 0.260. The molecule has 4 nitrogen and oxygen atoms in total. The molecule has 0 aliphatic heterocycles. The van der Waals surface area contributed by atoms with Crippen molar-refractivity contribution in [3.63, 3.8) is 0 Å². The third-order valence-corrected chi connectivity index (χ3v) is 2.25. The summed E-state index contributed by atoms with van der Waals surface area (Å²) in [4.78, 5) is 22.0. The third kappa shape index (κ3) is 4.40. The number of hydrogen-bond donors (Lipinski definition) is 1. The summed E-state index contributed by atoms with van der Waals surface area (Å²) in [5.74, 6) is -1.64. The normalized spacial score (nSPS) is 9.82. The largest absolute Gasteiger partial charge is 0.469 e. The van der Waals surface area contributed by atoms with Gasteiger partial charge in [-0.05, 0) is 18.2 Å². The van der Waals surface area contributed by atoms with Gasteiger partial charge in [-0.15, -0.1) is 0 Å². The SMILES string of the molecule is COC(=O)CC(=O)NCc1cc(Cl)ccc1F. The molecule has 0 fully saturated rings. The Bertz CT molecular complexity index is 437. The van der Waals surface area contributed by atoms with Crippen LogP contribution in [-0.2, 0) is 20.9 Å². The molecule has 0 bridgehead atoms. The van der Waals surface area contributed by atoms with Crippen LogP contribution >= 0.6 is 11.6 Å². The number of nitrogens with one attached hydrogen (secondary N) is 1. The van der Waals surface area contributed by atoms with Gasteiger partial charge < -0.3 is 10.1 Å². The molecule has 0 spiro atoms. The lowest BCUT2D eigenvalue weighted by Gasteiger charge is -2.06. The van der Waals surface area contributed by atoms with Crippen LogP contribution in [0.5, 0.6) is 0 Å². The van der Waals surface area contributed by atoms with Crippen molar-refractivity contribution in [1.82, 2.24) is 5.32 Å². The number of carbonyl (C=O) groups excluding carboxylic acids is 2. The lowest BCUT2D eigenvalue weighted by molar-refractivity contribution is -0.143. The fraction of sp³-hybridized carbons (Fsp3) is 0.273. The summed E-state index contributed by atoms with van der Waals surface area (Å²) < 4.78 is 17.6. The van der Waals surface area contributed by atoms with Gasteiger partial charge in [0, 0.05) is 17.1 Å². The summed E-state index contributed by atoms with van der Waals surface area (Å²) in [5, 5.41) is 2.77. The molecule has 0 aliphatic carbocycles. The van der Waals surface area contributed by atoms with Crippen molar-refractivity contribution < 1.29 is 18.7 Å². The summed E-state index contributed by atoms with van der Waals surface area (Å²) >= 11 is 5.69. The molecule has 0 heterocycles. The van der Waals surface area contributed by atoms with E-state index in [1.165, 1.54) is 25.3 Å². The van der Waals surface area contributed by atoms with Crippen LogP contribution in [0.15, 0.2) is 18.2 Å². The Hall–Kier alpha value is -1.62. The first-order valence-electron chi connectivity index (χ1n) is 4.80. The molecule has 6 heteroatoms. The van der Waals surface area contributed by atoms with E-state index in [1.54, 1.807) is 0 Å². The Kier molecular flexibility index (Phi) is 4.90. The first kappa shape index (κ1) is 13.4. The Balaban J connectivity index is 2.53. The zero-order valence-electron chi connectivity index (χ0n) is 9.13. The number of hydrogen-bond acceptors (Lipinski definition) is 3. The van der Waals surface area contributed by atoms with Crippen LogP contribution in [0, 0.1) is 5.82 Å². The maximum Gasteiger partial charge on any atom is 0.315 e. The molecule has 0 atom stereocenters. The Morgan fingerprint density at radius 2 is 2.18 bits per heavy atom. The van der Waals surface area contributed by atoms with Gasteiger partial charge in [-0.25, -0.2) is 4.39 Å². The van der Waals surface area contributed by atoms with Crippen LogP contribution in [0.3, 0.4) is 0 Å². The maximum absolute atomic E-state index is 13.2. The van der Waals surface area contributed by atoms with E-state index in [0.29, 0.717) is 5.02 Å². The van der Waals surface area contributed by atoms with Crippen molar-refractivity contribution in [2.45, 2.75) is 13.0 Å². The van der Waals surface area contributed by atoms with Gasteiger partial charge in [-0.3, -0.25) is 9.59 Å². The molecule has 92 valence electrons. The summed E-state index contributed by atoms with van der Waals surface area (Å²) in [6.45, 7) is -0.0256. The van der Waals surface area contributed by atoms with E-state index < -0.39 is 24.1 Å². The average Bonchev–Trinajstić information content (AvgIpc) is 2.30. The molecule has 1 rings (SSSR count). The molecule has 0 saturated heterocycles. The minimum Gasteiger partial charge on any atom is -0.469 e. The number of rotatable bonds is 4. The number of methoxy groups -OCH3 is 1. The fourth-order valence-electron chi connectivity index (χ4n) is 1.14. The number of esters is 1. The quantitative estimate of drug-likeness (QED) is 0.661. The number of carbonyl (C=O) groups is 2. The topological polar surface area (TPSA) is 55.4 Å². The highest BCUT2D eigenvalue weighted by Gasteiger charge is 2.10. The van der Waals surface area contributed by atoms with Gasteiger partial charge >= 0.3 is 5.97 Å². The van der Waals surface area contributed by atoms with Crippen LogP contribution in [0.4, 0.5) is 4.39 Å². The molecule has 0 aliphatic rings. The molecule has 17 heavy (non-hydrogen) atoms. The molecule has 1 aromatic carbocycles. The first-order chi connectivity index (χ1) is 8.02. The van der Waals surface area contributed by atoms with Gasteiger partial charge in [0.25, 0.3) is 0 Å².